The molecule has 31 heavy (non-hydrogen) atoms. The maximum absolute atomic E-state index is 7.40. The molecule has 1 fully saturated rings. The van der Waals surface area contributed by atoms with E-state index in [1.165, 1.54) is 56.7 Å². The zero-order chi connectivity index (χ0) is 23.4. The summed E-state index contributed by atoms with van der Waals surface area (Å²) in [5.74, 6) is 0.685. The second kappa shape index (κ2) is 11.5. The Bertz CT molecular complexity index is 564. The molecule has 0 amide bonds. The predicted octanol–water partition coefficient (Wildman–Crippen LogP) is 8.81. The Morgan fingerprint density at radius 1 is 0.903 bits per heavy atom. The molecule has 3 unspecified atom stereocenters. The van der Waals surface area contributed by atoms with Crippen molar-refractivity contribution in [2.75, 3.05) is 0 Å². The molecule has 4 heteroatoms. The summed E-state index contributed by atoms with van der Waals surface area (Å²) >= 11 is 0. The molecule has 1 saturated carbocycles. The van der Waals surface area contributed by atoms with Gasteiger partial charge in [-0.25, -0.2) is 0 Å². The summed E-state index contributed by atoms with van der Waals surface area (Å²) in [6, 6.07) is 4.72. The van der Waals surface area contributed by atoms with Gasteiger partial charge in [0.15, 0.2) is 0 Å². The van der Waals surface area contributed by atoms with Gasteiger partial charge in [-0.1, -0.05) is 86.8 Å². The van der Waals surface area contributed by atoms with E-state index in [1.807, 2.05) is 11.1 Å². The lowest BCUT2D eigenvalue weighted by molar-refractivity contribution is 0.139. The molecule has 0 radical (unpaired) electrons. The molecule has 2 rings (SSSR count). The fourth-order valence-corrected chi connectivity index (χ4v) is 16.1. The summed E-state index contributed by atoms with van der Waals surface area (Å²) < 4.78 is 7.40. The Kier molecular flexibility index (Phi) is 10.1. The highest BCUT2D eigenvalue weighted by molar-refractivity contribution is 6.78. The highest BCUT2D eigenvalue weighted by Crippen LogP contribution is 2.51. The van der Waals surface area contributed by atoms with Gasteiger partial charge in [0.2, 0.25) is 8.32 Å². The monoisotopic (exact) mass is 465 g/mol. The third kappa shape index (κ3) is 5.44. The topological polar surface area (TPSA) is 21.3 Å². The van der Waals surface area contributed by atoms with Gasteiger partial charge in [-0.3, -0.25) is 0 Å². The molecule has 2 nitrogen and oxygen atoms in total. The number of hydrogen-bond acceptors (Lipinski definition) is 2. The van der Waals surface area contributed by atoms with E-state index in [4.69, 9.17) is 4.43 Å². The summed E-state index contributed by atoms with van der Waals surface area (Å²) in [7, 11) is -3.17. The first-order valence-corrected chi connectivity index (χ1v) is 18.6. The highest BCUT2D eigenvalue weighted by Gasteiger charge is 2.51. The molecule has 0 aromatic heterocycles. The van der Waals surface area contributed by atoms with Crippen molar-refractivity contribution in [1.29, 1.82) is 0 Å². The minimum Gasteiger partial charge on any atom is -0.413 e. The van der Waals surface area contributed by atoms with E-state index in [9.17, 15) is 0 Å². The highest BCUT2D eigenvalue weighted by atomic mass is 28.4. The van der Waals surface area contributed by atoms with E-state index in [1.54, 1.807) is 0 Å². The minimum absolute atomic E-state index is 0.471. The molecule has 0 aromatic rings. The second-order valence-corrected chi connectivity index (χ2v) is 21.9. The van der Waals surface area contributed by atoms with Crippen molar-refractivity contribution < 1.29 is 4.43 Å². The number of nitrogens with one attached hydrogen (secondary N) is 1. The fraction of sp³-hybridized carbons (Fsp3) is 0.926. The first kappa shape index (κ1) is 27.3. The van der Waals surface area contributed by atoms with Crippen LogP contribution in [0.4, 0.5) is 0 Å². The summed E-state index contributed by atoms with van der Waals surface area (Å²) in [6.07, 6.45) is 8.30. The van der Waals surface area contributed by atoms with Crippen LogP contribution in [0.3, 0.4) is 0 Å². The molecule has 2 aliphatic rings. The van der Waals surface area contributed by atoms with Crippen LogP contribution in [-0.2, 0) is 4.43 Å². The maximum atomic E-state index is 7.40. The van der Waals surface area contributed by atoms with Gasteiger partial charge >= 0.3 is 0 Å². The van der Waals surface area contributed by atoms with Crippen LogP contribution < -0.4 is 4.98 Å². The first-order valence-electron chi connectivity index (χ1n) is 13.8. The van der Waals surface area contributed by atoms with Crippen LogP contribution in [0, 0.1) is 5.92 Å². The van der Waals surface area contributed by atoms with Crippen LogP contribution in [0.25, 0.3) is 0 Å². The van der Waals surface area contributed by atoms with Gasteiger partial charge < -0.3 is 9.41 Å². The van der Waals surface area contributed by atoms with Crippen LogP contribution in [0.5, 0.6) is 0 Å². The zero-order valence-electron chi connectivity index (χ0n) is 22.7. The van der Waals surface area contributed by atoms with E-state index in [-0.39, 0.29) is 0 Å². The molecule has 0 bridgehead atoms. The molecule has 0 aromatic carbocycles. The second-order valence-electron chi connectivity index (χ2n) is 11.5. The van der Waals surface area contributed by atoms with Crippen molar-refractivity contribution in [3.8, 4) is 0 Å². The van der Waals surface area contributed by atoms with Crippen LogP contribution in [0.15, 0.2) is 11.1 Å². The largest absolute Gasteiger partial charge is 0.413 e. The standard InChI is InChI=1S/C27H55NOSi2/c1-11-15-16-24-23-17-18-27(29-31(20(5)6,21(7)8)22(9)10)25(23)19-26(24)28-30(12-2,13-3)14-4/h20-22,25-28H,11-19H2,1-10H3. The van der Waals surface area contributed by atoms with Crippen LogP contribution >= 0.6 is 0 Å². The van der Waals surface area contributed by atoms with Gasteiger partial charge in [0, 0.05) is 12.0 Å². The predicted molar refractivity (Wildman–Crippen MR) is 144 cm³/mol. The lowest BCUT2D eigenvalue weighted by atomic mass is 10.0. The molecule has 0 heterocycles. The summed E-state index contributed by atoms with van der Waals surface area (Å²) in [5, 5.41) is 0. The third-order valence-corrected chi connectivity index (χ3v) is 20.4. The number of unbranched alkanes of at least 4 members (excludes halogenated alkanes) is 1. The van der Waals surface area contributed by atoms with Crippen molar-refractivity contribution in [2.24, 2.45) is 5.92 Å². The quantitative estimate of drug-likeness (QED) is 0.217. The molecule has 1 N–H and O–H groups in total. The average molecular weight is 466 g/mol. The number of fused-ring (bicyclic) bond motifs is 1. The van der Waals surface area contributed by atoms with Crippen molar-refractivity contribution in [2.45, 2.75) is 155 Å². The number of rotatable bonds is 13. The Hall–Kier alpha value is 0.0938. The van der Waals surface area contributed by atoms with Gasteiger partial charge in [-0.2, -0.15) is 0 Å². The van der Waals surface area contributed by atoms with Gasteiger partial charge in [0.05, 0.1) is 6.10 Å². The van der Waals surface area contributed by atoms with Gasteiger partial charge in [-0.15, -0.1) is 0 Å². The van der Waals surface area contributed by atoms with E-state index in [0.717, 1.165) is 0 Å². The molecular weight excluding hydrogens is 410 g/mol. The SMILES string of the molecule is CCCCC1=C2CCC(O[Si](C(C)C)(C(C)C)C(C)C)C2CC1N[Si](CC)(CC)CC. The molecule has 182 valence electrons. The van der Waals surface area contributed by atoms with Gasteiger partial charge in [0.25, 0.3) is 0 Å². The summed E-state index contributed by atoms with van der Waals surface area (Å²) in [6.45, 7) is 24.3. The summed E-state index contributed by atoms with van der Waals surface area (Å²) in [5.41, 5.74) is 5.67. The van der Waals surface area contributed by atoms with E-state index in [2.05, 4.69) is 74.2 Å². The van der Waals surface area contributed by atoms with E-state index >= 15 is 0 Å². The average Bonchev–Trinajstić information content (AvgIpc) is 3.26. The Morgan fingerprint density at radius 3 is 1.90 bits per heavy atom. The van der Waals surface area contributed by atoms with E-state index in [0.29, 0.717) is 34.7 Å². The molecular formula is C27H55NOSi2. The molecule has 3 atom stereocenters. The number of hydrogen-bond donors (Lipinski definition) is 1. The minimum atomic E-state index is -1.82. The Labute approximate surface area is 197 Å². The summed E-state index contributed by atoms with van der Waals surface area (Å²) in [4.78, 5) is 4.35. The van der Waals surface area contributed by atoms with Crippen molar-refractivity contribution in [3.05, 3.63) is 11.1 Å². The first-order chi connectivity index (χ1) is 14.6. The Morgan fingerprint density at radius 2 is 1.45 bits per heavy atom. The molecule has 0 aliphatic heterocycles. The van der Waals surface area contributed by atoms with Crippen molar-refractivity contribution >= 4 is 16.6 Å². The molecule has 0 saturated heterocycles. The fourth-order valence-electron chi connectivity index (χ4n) is 7.31. The third-order valence-electron chi connectivity index (χ3n) is 9.29. The zero-order valence-corrected chi connectivity index (χ0v) is 24.7. The smallest absolute Gasteiger partial charge is 0.200 e. The van der Waals surface area contributed by atoms with E-state index < -0.39 is 16.6 Å². The normalized spacial score (nSPS) is 24.9. The lowest BCUT2D eigenvalue weighted by Crippen LogP contribution is -2.54. The maximum Gasteiger partial charge on any atom is 0.200 e. The lowest BCUT2D eigenvalue weighted by Gasteiger charge is -2.45. The van der Waals surface area contributed by atoms with Crippen LogP contribution in [0.1, 0.15) is 108 Å². The van der Waals surface area contributed by atoms with Crippen molar-refractivity contribution in [3.63, 3.8) is 0 Å². The van der Waals surface area contributed by atoms with Crippen molar-refractivity contribution in [1.82, 2.24) is 4.98 Å². The molecule has 2 aliphatic carbocycles. The van der Waals surface area contributed by atoms with Gasteiger partial charge in [-0.05, 0) is 66.9 Å². The van der Waals surface area contributed by atoms with Gasteiger partial charge in [0.1, 0.15) is 8.24 Å². The van der Waals surface area contributed by atoms with Crippen LogP contribution in [-0.4, -0.2) is 28.7 Å². The molecule has 0 spiro atoms. The van der Waals surface area contributed by atoms with Crippen LogP contribution in [0.2, 0.25) is 34.8 Å². The Balaban J connectivity index is 2.32.